The zero-order valence-corrected chi connectivity index (χ0v) is 13.5. The van der Waals surface area contributed by atoms with Gasteiger partial charge in [0.1, 0.15) is 0 Å². The van der Waals surface area contributed by atoms with Crippen LogP contribution in [0.25, 0.3) is 0 Å². The van der Waals surface area contributed by atoms with Gasteiger partial charge in [0, 0.05) is 55.7 Å². The van der Waals surface area contributed by atoms with Crippen LogP contribution in [0, 0.1) is 6.92 Å². The highest BCUT2D eigenvalue weighted by Crippen LogP contribution is 2.23. The summed E-state index contributed by atoms with van der Waals surface area (Å²) in [5, 5.41) is 3.43. The smallest absolute Gasteiger partial charge is 0.225 e. The molecule has 0 saturated carbocycles. The second-order valence-corrected chi connectivity index (χ2v) is 6.59. The Balaban J connectivity index is 1.67. The van der Waals surface area contributed by atoms with Crippen LogP contribution in [0.3, 0.4) is 0 Å². The Morgan fingerprint density at radius 1 is 1.33 bits per heavy atom. The number of nitrogens with zero attached hydrogens (tertiary/aromatic N) is 4. The van der Waals surface area contributed by atoms with Gasteiger partial charge in [0.05, 0.1) is 0 Å². The lowest BCUT2D eigenvalue weighted by molar-refractivity contribution is 0.229. The summed E-state index contributed by atoms with van der Waals surface area (Å²) in [6.45, 7) is 11.8. The molecule has 2 saturated heterocycles. The van der Waals surface area contributed by atoms with E-state index in [0.717, 1.165) is 37.8 Å². The van der Waals surface area contributed by atoms with Gasteiger partial charge in [-0.3, -0.25) is 4.90 Å². The molecule has 5 nitrogen and oxygen atoms in total. The minimum absolute atomic E-state index is 0.486. The molecule has 2 aliphatic rings. The summed E-state index contributed by atoms with van der Waals surface area (Å²) >= 11 is 0. The summed E-state index contributed by atoms with van der Waals surface area (Å²) in [6, 6.07) is 1.20. The Kier molecular flexibility index (Phi) is 4.40. The highest BCUT2D eigenvalue weighted by atomic mass is 15.3. The van der Waals surface area contributed by atoms with Crippen LogP contribution in [-0.4, -0.2) is 53.1 Å². The van der Waals surface area contributed by atoms with E-state index in [1.807, 2.05) is 6.20 Å². The van der Waals surface area contributed by atoms with Crippen LogP contribution in [0.2, 0.25) is 0 Å². The molecule has 1 atom stereocenters. The van der Waals surface area contributed by atoms with Gasteiger partial charge in [-0.15, -0.1) is 0 Å². The molecular weight excluding hydrogens is 262 g/mol. The first kappa shape index (κ1) is 14.7. The number of rotatable bonds is 4. The maximum Gasteiger partial charge on any atom is 0.225 e. The molecule has 2 fully saturated rings. The third-order valence-corrected chi connectivity index (χ3v) is 4.64. The molecule has 1 aromatic heterocycles. The van der Waals surface area contributed by atoms with E-state index in [4.69, 9.17) is 4.98 Å². The minimum atomic E-state index is 0.486. The third-order valence-electron chi connectivity index (χ3n) is 4.64. The molecule has 3 rings (SSSR count). The Morgan fingerprint density at radius 3 is 2.95 bits per heavy atom. The van der Waals surface area contributed by atoms with Crippen LogP contribution in [0.5, 0.6) is 0 Å². The molecular formula is C16H27N5. The predicted octanol–water partition coefficient (Wildman–Crippen LogP) is 1.57. The molecule has 21 heavy (non-hydrogen) atoms. The van der Waals surface area contributed by atoms with Crippen molar-refractivity contribution < 1.29 is 0 Å². The standard InChI is InChI=1S/C16H27N5/c1-12(2)17-9-14-10-18-16(19-13(14)3)21-8-7-20-6-4-5-15(20)11-21/h10,12,15,17H,4-9,11H2,1-3H3. The van der Waals surface area contributed by atoms with Crippen LogP contribution in [-0.2, 0) is 6.54 Å². The quantitative estimate of drug-likeness (QED) is 0.911. The van der Waals surface area contributed by atoms with Crippen molar-refractivity contribution in [3.05, 3.63) is 17.5 Å². The summed E-state index contributed by atoms with van der Waals surface area (Å²) in [6.07, 6.45) is 4.66. The molecule has 1 aromatic rings. The molecule has 2 aliphatic heterocycles. The van der Waals surface area contributed by atoms with Gasteiger partial charge in [-0.1, -0.05) is 13.8 Å². The highest BCUT2D eigenvalue weighted by molar-refractivity contribution is 5.34. The monoisotopic (exact) mass is 289 g/mol. The first-order valence-electron chi connectivity index (χ1n) is 8.18. The fourth-order valence-corrected chi connectivity index (χ4v) is 3.29. The van der Waals surface area contributed by atoms with Gasteiger partial charge in [-0.25, -0.2) is 9.97 Å². The molecule has 116 valence electrons. The van der Waals surface area contributed by atoms with Crippen LogP contribution in [0.4, 0.5) is 5.95 Å². The van der Waals surface area contributed by atoms with E-state index in [0.29, 0.717) is 12.1 Å². The Bertz CT molecular complexity index is 488. The molecule has 0 aromatic carbocycles. The fraction of sp³-hybridized carbons (Fsp3) is 0.750. The summed E-state index contributed by atoms with van der Waals surface area (Å²) < 4.78 is 0. The average molecular weight is 289 g/mol. The maximum atomic E-state index is 4.75. The fourth-order valence-electron chi connectivity index (χ4n) is 3.29. The number of hydrogen-bond acceptors (Lipinski definition) is 5. The number of aryl methyl sites for hydroxylation is 1. The van der Waals surface area contributed by atoms with Crippen molar-refractivity contribution in [2.75, 3.05) is 31.1 Å². The van der Waals surface area contributed by atoms with Gasteiger partial charge in [0.15, 0.2) is 0 Å². The van der Waals surface area contributed by atoms with Crippen molar-refractivity contribution in [1.82, 2.24) is 20.2 Å². The van der Waals surface area contributed by atoms with E-state index in [2.05, 4.69) is 40.9 Å². The molecule has 0 bridgehead atoms. The number of aromatic nitrogens is 2. The zero-order valence-electron chi connectivity index (χ0n) is 13.5. The largest absolute Gasteiger partial charge is 0.338 e. The van der Waals surface area contributed by atoms with E-state index < -0.39 is 0 Å². The summed E-state index contributed by atoms with van der Waals surface area (Å²) in [7, 11) is 0. The van der Waals surface area contributed by atoms with Crippen molar-refractivity contribution >= 4 is 5.95 Å². The molecule has 1 N–H and O–H groups in total. The van der Waals surface area contributed by atoms with Crippen molar-refractivity contribution in [3.8, 4) is 0 Å². The first-order chi connectivity index (χ1) is 10.1. The lowest BCUT2D eigenvalue weighted by atomic mass is 10.1. The second-order valence-electron chi connectivity index (χ2n) is 6.59. The first-order valence-corrected chi connectivity index (χ1v) is 8.18. The molecule has 5 heteroatoms. The van der Waals surface area contributed by atoms with Gasteiger partial charge < -0.3 is 10.2 Å². The second kappa shape index (κ2) is 6.28. The van der Waals surface area contributed by atoms with Gasteiger partial charge in [-0.05, 0) is 26.3 Å². The van der Waals surface area contributed by atoms with Crippen molar-refractivity contribution in [2.45, 2.75) is 52.2 Å². The van der Waals surface area contributed by atoms with E-state index >= 15 is 0 Å². The Morgan fingerprint density at radius 2 is 2.19 bits per heavy atom. The molecule has 3 heterocycles. The molecule has 0 aliphatic carbocycles. The normalized spacial score (nSPS) is 22.9. The SMILES string of the molecule is Cc1nc(N2CCN3CCCC3C2)ncc1CNC(C)C. The number of anilines is 1. The Hall–Kier alpha value is -1.20. The molecule has 0 spiro atoms. The lowest BCUT2D eigenvalue weighted by Gasteiger charge is -2.37. The lowest BCUT2D eigenvalue weighted by Crippen LogP contribution is -2.50. The van der Waals surface area contributed by atoms with Gasteiger partial charge >= 0.3 is 0 Å². The van der Waals surface area contributed by atoms with Crippen molar-refractivity contribution in [3.63, 3.8) is 0 Å². The molecule has 0 amide bonds. The Labute approximate surface area is 127 Å². The predicted molar refractivity (Wildman–Crippen MR) is 85.6 cm³/mol. The van der Waals surface area contributed by atoms with Gasteiger partial charge in [-0.2, -0.15) is 0 Å². The van der Waals surface area contributed by atoms with Crippen molar-refractivity contribution in [2.24, 2.45) is 0 Å². The van der Waals surface area contributed by atoms with E-state index in [9.17, 15) is 0 Å². The van der Waals surface area contributed by atoms with E-state index in [-0.39, 0.29) is 0 Å². The third kappa shape index (κ3) is 3.35. The van der Waals surface area contributed by atoms with Crippen LogP contribution in [0.15, 0.2) is 6.20 Å². The maximum absolute atomic E-state index is 4.75. The average Bonchev–Trinajstić information content (AvgIpc) is 2.93. The molecule has 1 unspecified atom stereocenters. The summed E-state index contributed by atoms with van der Waals surface area (Å²) in [5.74, 6) is 0.910. The topological polar surface area (TPSA) is 44.3 Å². The van der Waals surface area contributed by atoms with Crippen LogP contribution in [0.1, 0.15) is 37.9 Å². The minimum Gasteiger partial charge on any atom is -0.338 e. The van der Waals surface area contributed by atoms with Crippen molar-refractivity contribution in [1.29, 1.82) is 0 Å². The van der Waals surface area contributed by atoms with Crippen LogP contribution < -0.4 is 10.2 Å². The summed E-state index contributed by atoms with van der Waals surface area (Å²) in [5.41, 5.74) is 2.30. The van der Waals surface area contributed by atoms with E-state index in [1.54, 1.807) is 0 Å². The molecule has 0 radical (unpaired) electrons. The number of fused-ring (bicyclic) bond motifs is 1. The zero-order chi connectivity index (χ0) is 14.8. The number of piperazine rings is 1. The summed E-state index contributed by atoms with van der Waals surface area (Å²) in [4.78, 5) is 14.3. The van der Waals surface area contributed by atoms with Gasteiger partial charge in [0.2, 0.25) is 5.95 Å². The number of nitrogens with one attached hydrogen (secondary N) is 1. The van der Waals surface area contributed by atoms with Gasteiger partial charge in [0.25, 0.3) is 0 Å². The highest BCUT2D eigenvalue weighted by Gasteiger charge is 2.31. The van der Waals surface area contributed by atoms with E-state index in [1.165, 1.54) is 24.9 Å². The number of hydrogen-bond donors (Lipinski definition) is 1. The van der Waals surface area contributed by atoms with Crippen LogP contribution >= 0.6 is 0 Å².